The Balaban J connectivity index is 1.83. The molecule has 0 amide bonds. The first-order chi connectivity index (χ1) is 13.0. The van der Waals surface area contributed by atoms with Crippen LogP contribution in [0.3, 0.4) is 0 Å². The fraction of sp³-hybridized carbons (Fsp3) is 0.0476. The molecule has 1 heterocycles. The smallest absolute Gasteiger partial charge is 0.271 e. The van der Waals surface area contributed by atoms with E-state index in [9.17, 15) is 8.42 Å². The average Bonchev–Trinajstić information content (AvgIpc) is 3.22. The van der Waals surface area contributed by atoms with Gasteiger partial charge in [-0.2, -0.15) is 0 Å². The lowest BCUT2D eigenvalue weighted by atomic mass is 10.0. The molecule has 0 aliphatic heterocycles. The third-order valence-corrected chi connectivity index (χ3v) is 8.16. The monoisotopic (exact) mass is 411 g/mol. The van der Waals surface area contributed by atoms with Crippen LogP contribution in [0.5, 0.6) is 0 Å². The quantitative estimate of drug-likeness (QED) is 0.428. The summed E-state index contributed by atoms with van der Waals surface area (Å²) in [7, 11) is -3.60. The van der Waals surface area contributed by atoms with Crippen molar-refractivity contribution in [2.24, 2.45) is 0 Å². The Labute approximate surface area is 167 Å². The summed E-state index contributed by atoms with van der Waals surface area (Å²) < 4.78 is 28.6. The van der Waals surface area contributed by atoms with Gasteiger partial charge in [0, 0.05) is 15.2 Å². The predicted octanol–water partition coefficient (Wildman–Crippen LogP) is 6.16. The van der Waals surface area contributed by atoms with Gasteiger partial charge in [-0.1, -0.05) is 60.3 Å². The second-order valence-corrected chi connectivity index (χ2v) is 10.0. The van der Waals surface area contributed by atoms with Crippen LogP contribution in [0, 0.1) is 6.92 Å². The van der Waals surface area contributed by atoms with Crippen LogP contribution in [0.4, 0.5) is 5.69 Å². The molecule has 0 unspecified atom stereocenters. The molecule has 3 aromatic carbocycles. The van der Waals surface area contributed by atoms with Crippen LogP contribution in [0.2, 0.25) is 0 Å². The van der Waals surface area contributed by atoms with Gasteiger partial charge in [0.15, 0.2) is 0 Å². The third-order valence-electron chi connectivity index (χ3n) is 4.24. The Bertz CT molecular complexity index is 1190. The average molecular weight is 412 g/mol. The van der Waals surface area contributed by atoms with Gasteiger partial charge in [-0.25, -0.2) is 8.42 Å². The number of benzene rings is 3. The molecular weight excluding hydrogens is 394 g/mol. The Kier molecular flexibility index (Phi) is 4.95. The van der Waals surface area contributed by atoms with Crippen LogP contribution < -0.4 is 4.72 Å². The zero-order chi connectivity index (χ0) is 18.9. The Morgan fingerprint density at radius 2 is 1.59 bits per heavy atom. The molecule has 0 fully saturated rings. The molecule has 27 heavy (non-hydrogen) atoms. The highest BCUT2D eigenvalue weighted by Crippen LogP contribution is 2.38. The Hall–Kier alpha value is -2.28. The number of thiophene rings is 1. The zero-order valence-electron chi connectivity index (χ0n) is 14.5. The van der Waals surface area contributed by atoms with Gasteiger partial charge >= 0.3 is 0 Å². The van der Waals surface area contributed by atoms with Crippen LogP contribution in [0.25, 0.3) is 10.8 Å². The standard InChI is InChI=1S/C21H17NO2S3/c1-15-17-10-5-6-11-18(17)19(22-27(23,24)21-12-7-13-25-21)14-20(15)26-16-8-3-2-4-9-16/h2-14,22H,1H3. The highest BCUT2D eigenvalue weighted by molar-refractivity contribution is 7.99. The molecule has 4 aromatic rings. The minimum absolute atomic E-state index is 0.310. The van der Waals surface area contributed by atoms with E-state index in [0.29, 0.717) is 9.90 Å². The number of rotatable bonds is 5. The van der Waals surface area contributed by atoms with Crippen LogP contribution in [-0.4, -0.2) is 8.42 Å². The highest BCUT2D eigenvalue weighted by Gasteiger charge is 2.18. The maximum Gasteiger partial charge on any atom is 0.271 e. The van der Waals surface area contributed by atoms with E-state index >= 15 is 0 Å². The van der Waals surface area contributed by atoms with Gasteiger partial charge < -0.3 is 0 Å². The number of aryl methyl sites for hydroxylation is 1. The van der Waals surface area contributed by atoms with Gasteiger partial charge in [0.05, 0.1) is 5.69 Å². The zero-order valence-corrected chi connectivity index (χ0v) is 17.0. The molecule has 0 saturated heterocycles. The van der Waals surface area contributed by atoms with Crippen LogP contribution >= 0.6 is 23.1 Å². The Morgan fingerprint density at radius 1 is 0.889 bits per heavy atom. The molecule has 0 radical (unpaired) electrons. The number of hydrogen-bond acceptors (Lipinski definition) is 4. The molecule has 4 rings (SSSR count). The second-order valence-electron chi connectivity index (χ2n) is 6.05. The van der Waals surface area contributed by atoms with E-state index in [1.54, 1.807) is 29.3 Å². The van der Waals surface area contributed by atoms with Crippen molar-refractivity contribution in [3.63, 3.8) is 0 Å². The van der Waals surface area contributed by atoms with E-state index in [2.05, 4.69) is 23.8 Å². The fourth-order valence-electron chi connectivity index (χ4n) is 2.91. The van der Waals surface area contributed by atoms with E-state index in [1.165, 1.54) is 11.3 Å². The first-order valence-corrected chi connectivity index (χ1v) is 11.5. The van der Waals surface area contributed by atoms with Crippen molar-refractivity contribution in [2.45, 2.75) is 20.9 Å². The van der Waals surface area contributed by atoms with E-state index < -0.39 is 10.0 Å². The van der Waals surface area contributed by atoms with Crippen molar-refractivity contribution < 1.29 is 8.42 Å². The summed E-state index contributed by atoms with van der Waals surface area (Å²) in [6, 6.07) is 23.2. The SMILES string of the molecule is Cc1c(Sc2ccccc2)cc(NS(=O)(=O)c2cccs2)c2ccccc12. The first-order valence-electron chi connectivity index (χ1n) is 8.36. The van der Waals surface area contributed by atoms with E-state index in [1.807, 2.05) is 48.5 Å². The molecule has 0 aliphatic rings. The number of fused-ring (bicyclic) bond motifs is 1. The molecule has 6 heteroatoms. The summed E-state index contributed by atoms with van der Waals surface area (Å²) in [5.41, 5.74) is 1.74. The number of hydrogen-bond donors (Lipinski definition) is 1. The minimum atomic E-state index is -3.60. The number of anilines is 1. The van der Waals surface area contributed by atoms with Crippen LogP contribution in [0.1, 0.15) is 5.56 Å². The molecule has 3 nitrogen and oxygen atoms in total. The van der Waals surface area contributed by atoms with E-state index in [-0.39, 0.29) is 0 Å². The fourth-order valence-corrected chi connectivity index (χ4v) is 5.96. The lowest BCUT2D eigenvalue weighted by molar-refractivity contribution is 0.603. The summed E-state index contributed by atoms with van der Waals surface area (Å²) in [6.45, 7) is 2.07. The molecule has 136 valence electrons. The van der Waals surface area contributed by atoms with Crippen molar-refractivity contribution in [1.29, 1.82) is 0 Å². The minimum Gasteiger partial charge on any atom is -0.278 e. The molecule has 0 bridgehead atoms. The summed E-state index contributed by atoms with van der Waals surface area (Å²) in [5.74, 6) is 0. The van der Waals surface area contributed by atoms with Gasteiger partial charge in [-0.15, -0.1) is 11.3 Å². The summed E-state index contributed by atoms with van der Waals surface area (Å²) >= 11 is 2.84. The number of nitrogens with one attached hydrogen (secondary N) is 1. The van der Waals surface area contributed by atoms with Crippen LogP contribution in [-0.2, 0) is 10.0 Å². The lowest BCUT2D eigenvalue weighted by Gasteiger charge is -2.15. The Morgan fingerprint density at radius 3 is 2.30 bits per heavy atom. The first kappa shape index (κ1) is 18.1. The molecule has 0 aliphatic carbocycles. The van der Waals surface area contributed by atoms with Gasteiger partial charge in [0.2, 0.25) is 0 Å². The van der Waals surface area contributed by atoms with Crippen molar-refractivity contribution in [3.05, 3.63) is 83.7 Å². The third kappa shape index (κ3) is 3.74. The van der Waals surface area contributed by atoms with Gasteiger partial charge in [-0.05, 0) is 47.5 Å². The van der Waals surface area contributed by atoms with Gasteiger partial charge in [-0.3, -0.25) is 4.72 Å². The molecule has 0 atom stereocenters. The van der Waals surface area contributed by atoms with Crippen molar-refractivity contribution >= 4 is 49.6 Å². The van der Waals surface area contributed by atoms with Crippen molar-refractivity contribution in [2.75, 3.05) is 4.72 Å². The highest BCUT2D eigenvalue weighted by atomic mass is 32.2. The molecular formula is C21H17NO2S3. The van der Waals surface area contributed by atoms with Crippen molar-refractivity contribution in [3.8, 4) is 0 Å². The lowest BCUT2D eigenvalue weighted by Crippen LogP contribution is -2.12. The maximum absolute atomic E-state index is 12.8. The molecule has 1 aromatic heterocycles. The molecule has 0 spiro atoms. The molecule has 1 N–H and O–H groups in total. The maximum atomic E-state index is 12.8. The van der Waals surface area contributed by atoms with Crippen LogP contribution in [0.15, 0.2) is 92.2 Å². The second kappa shape index (κ2) is 7.38. The molecule has 0 saturated carbocycles. The normalized spacial score (nSPS) is 11.6. The van der Waals surface area contributed by atoms with E-state index in [0.717, 1.165) is 26.1 Å². The predicted molar refractivity (Wildman–Crippen MR) is 114 cm³/mol. The summed E-state index contributed by atoms with van der Waals surface area (Å²) in [5, 5.41) is 3.70. The topological polar surface area (TPSA) is 46.2 Å². The summed E-state index contributed by atoms with van der Waals surface area (Å²) in [4.78, 5) is 2.15. The van der Waals surface area contributed by atoms with Gasteiger partial charge in [0.25, 0.3) is 10.0 Å². The number of sulfonamides is 1. The largest absolute Gasteiger partial charge is 0.278 e. The summed E-state index contributed by atoms with van der Waals surface area (Å²) in [6.07, 6.45) is 0. The van der Waals surface area contributed by atoms with E-state index in [4.69, 9.17) is 0 Å². The van der Waals surface area contributed by atoms with Gasteiger partial charge in [0.1, 0.15) is 4.21 Å². The van der Waals surface area contributed by atoms with Crippen molar-refractivity contribution in [1.82, 2.24) is 0 Å².